The van der Waals surface area contributed by atoms with Crippen LogP contribution in [0.5, 0.6) is 0 Å². The van der Waals surface area contributed by atoms with Crippen molar-refractivity contribution >= 4 is 5.91 Å². The van der Waals surface area contributed by atoms with Gasteiger partial charge in [-0.3, -0.25) is 9.69 Å². The van der Waals surface area contributed by atoms with E-state index < -0.39 is 0 Å². The largest absolute Gasteiger partial charge is 0.424 e. The van der Waals surface area contributed by atoms with Crippen molar-refractivity contribution in [1.82, 2.24) is 20.0 Å². The smallest absolute Gasteiger partial charge is 0.240 e. The molecule has 1 amide bonds. The molecule has 0 saturated carbocycles. The number of amides is 1. The first-order chi connectivity index (χ1) is 11.7. The van der Waals surface area contributed by atoms with Gasteiger partial charge in [-0.2, -0.15) is 0 Å². The van der Waals surface area contributed by atoms with Gasteiger partial charge in [-0.15, -0.1) is 10.2 Å². The van der Waals surface area contributed by atoms with E-state index in [1.54, 1.807) is 6.92 Å². The lowest BCUT2D eigenvalue weighted by Gasteiger charge is -2.37. The van der Waals surface area contributed by atoms with Gasteiger partial charge in [0, 0.05) is 26.6 Å². The highest BCUT2D eigenvalue weighted by atomic mass is 16.4. The van der Waals surface area contributed by atoms with E-state index >= 15 is 0 Å². The molecule has 0 bridgehead atoms. The van der Waals surface area contributed by atoms with Crippen LogP contribution in [0.3, 0.4) is 0 Å². The summed E-state index contributed by atoms with van der Waals surface area (Å²) in [5.74, 6) is 1.37. The first-order valence-corrected chi connectivity index (χ1v) is 8.59. The van der Waals surface area contributed by atoms with Crippen LogP contribution < -0.4 is 0 Å². The van der Waals surface area contributed by atoms with Crippen LogP contribution in [-0.2, 0) is 24.3 Å². The normalized spacial score (nSPS) is 21.0. The summed E-state index contributed by atoms with van der Waals surface area (Å²) in [6.45, 7) is 4.80. The summed E-state index contributed by atoms with van der Waals surface area (Å²) < 4.78 is 5.54. The molecule has 0 N–H and O–H groups in total. The van der Waals surface area contributed by atoms with E-state index in [2.05, 4.69) is 33.3 Å². The molecular weight excluding hydrogens is 304 g/mol. The number of hydrogen-bond donors (Lipinski definition) is 0. The lowest BCUT2D eigenvalue weighted by Crippen LogP contribution is -2.50. The monoisotopic (exact) mass is 326 g/mol. The first kappa shape index (κ1) is 15.3. The van der Waals surface area contributed by atoms with Gasteiger partial charge in [0.2, 0.25) is 17.7 Å². The predicted molar refractivity (Wildman–Crippen MR) is 88.0 cm³/mol. The zero-order chi connectivity index (χ0) is 16.5. The molecule has 3 heterocycles. The Labute approximate surface area is 141 Å². The zero-order valence-electron chi connectivity index (χ0n) is 13.9. The molecule has 1 aromatic carbocycles. The molecule has 6 nitrogen and oxygen atoms in total. The Morgan fingerprint density at radius 1 is 1.21 bits per heavy atom. The highest BCUT2D eigenvalue weighted by molar-refractivity contribution is 5.82. The van der Waals surface area contributed by atoms with Crippen molar-refractivity contribution in [3.8, 4) is 0 Å². The number of carbonyl (C=O) groups excluding carboxylic acids is 1. The number of fused-ring (bicyclic) bond motifs is 1. The highest BCUT2D eigenvalue weighted by Crippen LogP contribution is 2.26. The van der Waals surface area contributed by atoms with Crippen molar-refractivity contribution in [2.75, 3.05) is 13.1 Å². The van der Waals surface area contributed by atoms with Gasteiger partial charge in [0.1, 0.15) is 0 Å². The summed E-state index contributed by atoms with van der Waals surface area (Å²) in [4.78, 5) is 17.2. The number of likely N-dealkylation sites (tertiary alicyclic amines) is 1. The Balaban J connectivity index is 1.60. The summed E-state index contributed by atoms with van der Waals surface area (Å²) in [6.07, 6.45) is 2.97. The average molecular weight is 326 g/mol. The van der Waals surface area contributed by atoms with Crippen molar-refractivity contribution < 1.29 is 9.21 Å². The van der Waals surface area contributed by atoms with Crippen LogP contribution >= 0.6 is 0 Å². The molecule has 1 saturated heterocycles. The molecule has 6 heteroatoms. The Hall–Kier alpha value is -2.21. The third-order valence-corrected chi connectivity index (χ3v) is 4.95. The van der Waals surface area contributed by atoms with E-state index in [-0.39, 0.29) is 11.9 Å². The minimum absolute atomic E-state index is 0.148. The second-order valence-electron chi connectivity index (χ2n) is 6.64. The summed E-state index contributed by atoms with van der Waals surface area (Å²) in [5.41, 5.74) is 2.55. The number of benzene rings is 1. The second kappa shape index (κ2) is 6.36. The molecule has 0 radical (unpaired) electrons. The van der Waals surface area contributed by atoms with Gasteiger partial charge in [-0.05, 0) is 30.4 Å². The van der Waals surface area contributed by atoms with Gasteiger partial charge in [-0.1, -0.05) is 24.3 Å². The van der Waals surface area contributed by atoms with Crippen LogP contribution in [0, 0.1) is 6.92 Å². The summed E-state index contributed by atoms with van der Waals surface area (Å²) in [5, 5.41) is 8.01. The van der Waals surface area contributed by atoms with Crippen LogP contribution in [0.25, 0.3) is 0 Å². The van der Waals surface area contributed by atoms with Gasteiger partial charge in [0.25, 0.3) is 0 Å². The Bertz CT molecular complexity index is 736. The molecule has 1 unspecified atom stereocenters. The topological polar surface area (TPSA) is 62.5 Å². The lowest BCUT2D eigenvalue weighted by molar-refractivity contribution is -0.137. The standard InChI is InChI=1S/C18H22N4O2/c1-13-19-20-17(24-13)12-22-11-15-7-3-2-6-14(15)10-16(22)18(23)21-8-4-5-9-21/h2-3,6-7,16H,4-5,8-12H2,1H3. The van der Waals surface area contributed by atoms with E-state index in [1.165, 1.54) is 11.1 Å². The van der Waals surface area contributed by atoms with Crippen molar-refractivity contribution in [3.05, 3.63) is 47.2 Å². The number of rotatable bonds is 3. The van der Waals surface area contributed by atoms with Crippen LogP contribution in [0.15, 0.2) is 28.7 Å². The lowest BCUT2D eigenvalue weighted by atomic mass is 9.93. The SMILES string of the molecule is Cc1nnc(CN2Cc3ccccc3CC2C(=O)N2CCCC2)o1. The molecule has 126 valence electrons. The number of carbonyl (C=O) groups is 1. The van der Waals surface area contributed by atoms with Gasteiger partial charge < -0.3 is 9.32 Å². The van der Waals surface area contributed by atoms with Crippen LogP contribution in [0.4, 0.5) is 0 Å². The van der Waals surface area contributed by atoms with E-state index in [0.717, 1.165) is 38.9 Å². The van der Waals surface area contributed by atoms with Gasteiger partial charge in [0.15, 0.2) is 0 Å². The Kier molecular flexibility index (Phi) is 4.06. The fourth-order valence-electron chi connectivity index (χ4n) is 3.71. The fourth-order valence-corrected chi connectivity index (χ4v) is 3.71. The maximum atomic E-state index is 13.0. The van der Waals surface area contributed by atoms with E-state index in [9.17, 15) is 4.79 Å². The highest BCUT2D eigenvalue weighted by Gasteiger charge is 2.35. The number of nitrogens with zero attached hydrogens (tertiary/aromatic N) is 4. The quantitative estimate of drug-likeness (QED) is 0.862. The maximum Gasteiger partial charge on any atom is 0.240 e. The van der Waals surface area contributed by atoms with Gasteiger partial charge in [0.05, 0.1) is 12.6 Å². The summed E-state index contributed by atoms with van der Waals surface area (Å²) >= 11 is 0. The fraction of sp³-hybridized carbons (Fsp3) is 0.500. The van der Waals surface area contributed by atoms with E-state index in [4.69, 9.17) is 4.42 Å². The van der Waals surface area contributed by atoms with Gasteiger partial charge >= 0.3 is 0 Å². The number of aromatic nitrogens is 2. The molecule has 24 heavy (non-hydrogen) atoms. The van der Waals surface area contributed by atoms with Crippen molar-refractivity contribution in [3.63, 3.8) is 0 Å². The number of aryl methyl sites for hydroxylation is 1. The molecule has 2 aliphatic heterocycles. The van der Waals surface area contributed by atoms with E-state index in [0.29, 0.717) is 18.3 Å². The zero-order valence-corrected chi connectivity index (χ0v) is 13.9. The number of hydrogen-bond acceptors (Lipinski definition) is 5. The Morgan fingerprint density at radius 3 is 2.67 bits per heavy atom. The van der Waals surface area contributed by atoms with Crippen LogP contribution in [0.2, 0.25) is 0 Å². The van der Waals surface area contributed by atoms with Crippen molar-refractivity contribution in [2.45, 2.75) is 45.3 Å². The van der Waals surface area contributed by atoms with Crippen LogP contribution in [0.1, 0.15) is 35.7 Å². The third kappa shape index (κ3) is 2.94. The first-order valence-electron chi connectivity index (χ1n) is 8.59. The van der Waals surface area contributed by atoms with Crippen molar-refractivity contribution in [2.24, 2.45) is 0 Å². The molecule has 2 aliphatic rings. The average Bonchev–Trinajstić information content (AvgIpc) is 3.25. The molecule has 0 spiro atoms. The molecule has 1 fully saturated rings. The minimum atomic E-state index is -0.148. The minimum Gasteiger partial charge on any atom is -0.424 e. The predicted octanol–water partition coefficient (Wildman–Crippen LogP) is 1.93. The molecule has 4 rings (SSSR count). The van der Waals surface area contributed by atoms with Crippen molar-refractivity contribution in [1.29, 1.82) is 0 Å². The summed E-state index contributed by atoms with van der Waals surface area (Å²) in [6, 6.07) is 8.22. The Morgan fingerprint density at radius 2 is 1.96 bits per heavy atom. The molecule has 0 aliphatic carbocycles. The third-order valence-electron chi connectivity index (χ3n) is 4.95. The molecule has 1 aromatic heterocycles. The second-order valence-corrected chi connectivity index (χ2v) is 6.64. The molecular formula is C18H22N4O2. The van der Waals surface area contributed by atoms with Crippen LogP contribution in [-0.4, -0.2) is 45.0 Å². The molecule has 1 atom stereocenters. The van der Waals surface area contributed by atoms with Gasteiger partial charge in [-0.25, -0.2) is 0 Å². The molecule has 2 aromatic rings. The summed E-state index contributed by atoms with van der Waals surface area (Å²) in [7, 11) is 0. The van der Waals surface area contributed by atoms with E-state index in [1.807, 2.05) is 11.0 Å². The maximum absolute atomic E-state index is 13.0.